The van der Waals surface area contributed by atoms with Gasteiger partial charge in [-0.25, -0.2) is 4.98 Å². The van der Waals surface area contributed by atoms with Crippen LogP contribution in [0.2, 0.25) is 0 Å². The number of fused-ring (bicyclic) bond motifs is 1. The number of pyridine rings is 2. The van der Waals surface area contributed by atoms with Crippen molar-refractivity contribution in [2.75, 3.05) is 35.0 Å². The molecule has 0 radical (unpaired) electrons. The Balaban J connectivity index is 1.42. The molecule has 4 aromatic rings. The topological polar surface area (TPSA) is 92.2 Å². The van der Waals surface area contributed by atoms with Gasteiger partial charge in [-0.2, -0.15) is 0 Å². The van der Waals surface area contributed by atoms with Gasteiger partial charge in [0.05, 0.1) is 51.1 Å². The number of ether oxygens (including phenoxy) is 5. The second kappa shape index (κ2) is 11.9. The zero-order valence-electron chi connectivity index (χ0n) is 24.2. The van der Waals surface area contributed by atoms with Crippen LogP contribution in [0.3, 0.4) is 0 Å². The van der Waals surface area contributed by atoms with Gasteiger partial charge in [-0.1, -0.05) is 12.1 Å². The Kier molecular flexibility index (Phi) is 8.14. The highest BCUT2D eigenvalue weighted by Crippen LogP contribution is 2.42. The van der Waals surface area contributed by atoms with Crippen molar-refractivity contribution in [1.29, 1.82) is 0 Å². The summed E-state index contributed by atoms with van der Waals surface area (Å²) in [4.78, 5) is 24.5. The maximum Gasteiger partial charge on any atom is 0.223 e. The molecule has 1 aliphatic heterocycles. The molecule has 0 N–H and O–H groups in total. The van der Waals surface area contributed by atoms with Crippen molar-refractivity contribution in [2.45, 2.75) is 32.4 Å². The largest absolute Gasteiger partial charge is 0.497 e. The Bertz CT molecular complexity index is 1520. The molecule has 2 aromatic heterocycles. The van der Waals surface area contributed by atoms with Gasteiger partial charge in [-0.05, 0) is 61.9 Å². The van der Waals surface area contributed by atoms with E-state index in [1.165, 1.54) is 0 Å². The number of nitrogens with zero attached hydrogens (tertiary/aromatic N) is 3. The molecule has 1 unspecified atom stereocenters. The van der Waals surface area contributed by atoms with Gasteiger partial charge in [0.2, 0.25) is 17.5 Å². The Morgan fingerprint density at radius 2 is 1.61 bits per heavy atom. The molecule has 214 valence electrons. The third kappa shape index (κ3) is 5.57. The SMILES string of the molecule is COc1ccc([C@H](C)N2CC([C@@H](C)Oc3nc(-c4cc(OC)c(OC)c(OC)c4)cc4ncccc34)CC2=O)cc1. The van der Waals surface area contributed by atoms with Crippen LogP contribution in [0.1, 0.15) is 31.9 Å². The summed E-state index contributed by atoms with van der Waals surface area (Å²) in [6.07, 6.45) is 1.88. The fraction of sp³-hybridized carbons (Fsp3) is 0.344. The number of likely N-dealkylation sites (tertiary alicyclic amines) is 1. The van der Waals surface area contributed by atoms with Gasteiger partial charge in [0, 0.05) is 30.6 Å². The summed E-state index contributed by atoms with van der Waals surface area (Å²) < 4.78 is 28.4. The maximum absolute atomic E-state index is 13.1. The molecular weight excluding hydrogens is 522 g/mol. The molecule has 9 nitrogen and oxygen atoms in total. The molecule has 3 heterocycles. The van der Waals surface area contributed by atoms with E-state index in [1.54, 1.807) is 34.6 Å². The predicted molar refractivity (Wildman–Crippen MR) is 156 cm³/mol. The van der Waals surface area contributed by atoms with Crippen molar-refractivity contribution in [3.63, 3.8) is 0 Å². The van der Waals surface area contributed by atoms with Gasteiger partial charge in [0.25, 0.3) is 0 Å². The highest BCUT2D eigenvalue weighted by Gasteiger charge is 2.37. The minimum Gasteiger partial charge on any atom is -0.497 e. The summed E-state index contributed by atoms with van der Waals surface area (Å²) in [5.41, 5.74) is 3.21. The molecule has 0 bridgehead atoms. The van der Waals surface area contributed by atoms with E-state index in [1.807, 2.05) is 66.4 Å². The number of hydrogen-bond donors (Lipinski definition) is 0. The number of aromatic nitrogens is 2. The molecular formula is C32H35N3O6. The summed E-state index contributed by atoms with van der Waals surface area (Å²) in [7, 11) is 6.36. The number of benzene rings is 2. The average molecular weight is 558 g/mol. The number of carbonyl (C=O) groups is 1. The highest BCUT2D eigenvalue weighted by molar-refractivity contribution is 5.87. The van der Waals surface area contributed by atoms with Crippen LogP contribution < -0.4 is 23.7 Å². The van der Waals surface area contributed by atoms with E-state index >= 15 is 0 Å². The van der Waals surface area contributed by atoms with E-state index in [0.29, 0.717) is 41.8 Å². The molecule has 0 aliphatic carbocycles. The van der Waals surface area contributed by atoms with Crippen LogP contribution in [0.5, 0.6) is 28.9 Å². The van der Waals surface area contributed by atoms with E-state index < -0.39 is 0 Å². The van der Waals surface area contributed by atoms with Crippen LogP contribution in [-0.2, 0) is 4.79 Å². The van der Waals surface area contributed by atoms with E-state index in [4.69, 9.17) is 28.7 Å². The van der Waals surface area contributed by atoms with Crippen molar-refractivity contribution in [1.82, 2.24) is 14.9 Å². The Morgan fingerprint density at radius 1 is 0.902 bits per heavy atom. The first-order valence-electron chi connectivity index (χ1n) is 13.5. The van der Waals surface area contributed by atoms with Gasteiger partial charge >= 0.3 is 0 Å². The fourth-order valence-electron chi connectivity index (χ4n) is 5.30. The van der Waals surface area contributed by atoms with Crippen molar-refractivity contribution < 1.29 is 28.5 Å². The molecule has 9 heteroatoms. The first-order chi connectivity index (χ1) is 19.9. The van der Waals surface area contributed by atoms with Gasteiger partial charge in [0.15, 0.2) is 11.5 Å². The number of methoxy groups -OCH3 is 4. The highest BCUT2D eigenvalue weighted by atomic mass is 16.5. The summed E-state index contributed by atoms with van der Waals surface area (Å²) >= 11 is 0. The Labute approximate surface area is 240 Å². The molecule has 1 aliphatic rings. The number of carbonyl (C=O) groups excluding carboxylic acids is 1. The van der Waals surface area contributed by atoms with Crippen molar-refractivity contribution in [2.24, 2.45) is 5.92 Å². The van der Waals surface area contributed by atoms with Gasteiger partial charge in [-0.3, -0.25) is 9.78 Å². The van der Waals surface area contributed by atoms with E-state index in [0.717, 1.165) is 27.8 Å². The standard InChI is InChI=1S/C32H35N3O6/c1-19(21-9-11-24(37-3)12-10-21)35-18-23(16-30(35)36)20(2)41-32-25-8-7-13-33-27(25)17-26(34-32)22-14-28(38-4)31(40-6)29(15-22)39-5/h7-15,17,19-20,23H,16,18H2,1-6H3/t19-,20+,23?/m0/s1. The van der Waals surface area contributed by atoms with Crippen LogP contribution in [-0.4, -0.2) is 61.9 Å². The molecule has 0 spiro atoms. The van der Waals surface area contributed by atoms with E-state index in [9.17, 15) is 4.79 Å². The van der Waals surface area contributed by atoms with Crippen LogP contribution in [0.4, 0.5) is 0 Å². The zero-order valence-corrected chi connectivity index (χ0v) is 24.2. The van der Waals surface area contributed by atoms with Crippen LogP contribution in [0.15, 0.2) is 60.8 Å². The molecule has 5 rings (SSSR count). The summed E-state index contributed by atoms with van der Waals surface area (Å²) in [6.45, 7) is 4.64. The van der Waals surface area contributed by atoms with E-state index in [-0.39, 0.29) is 24.0 Å². The van der Waals surface area contributed by atoms with Crippen LogP contribution in [0, 0.1) is 5.92 Å². The maximum atomic E-state index is 13.1. The lowest BCUT2D eigenvalue weighted by molar-refractivity contribution is -0.129. The normalized spacial score (nSPS) is 16.4. The van der Waals surface area contributed by atoms with Crippen molar-refractivity contribution >= 4 is 16.8 Å². The lowest BCUT2D eigenvalue weighted by Crippen LogP contribution is -2.31. The summed E-state index contributed by atoms with van der Waals surface area (Å²) in [5.74, 6) is 2.91. The number of hydrogen-bond acceptors (Lipinski definition) is 8. The molecule has 0 saturated carbocycles. The molecule has 2 aromatic carbocycles. The summed E-state index contributed by atoms with van der Waals surface area (Å²) in [5, 5.41) is 0.795. The predicted octanol–water partition coefficient (Wildman–Crippen LogP) is 5.71. The number of rotatable bonds is 10. The lowest BCUT2D eigenvalue weighted by Gasteiger charge is -2.27. The lowest BCUT2D eigenvalue weighted by atomic mass is 10.0. The monoisotopic (exact) mass is 557 g/mol. The van der Waals surface area contributed by atoms with Crippen LogP contribution >= 0.6 is 0 Å². The van der Waals surface area contributed by atoms with Gasteiger partial charge in [-0.15, -0.1) is 0 Å². The first kappa shape index (κ1) is 28.0. The summed E-state index contributed by atoms with van der Waals surface area (Å²) in [6, 6.07) is 17.2. The first-order valence-corrected chi connectivity index (χ1v) is 13.5. The van der Waals surface area contributed by atoms with E-state index in [2.05, 4.69) is 11.9 Å². The van der Waals surface area contributed by atoms with Crippen molar-refractivity contribution in [3.8, 4) is 40.1 Å². The third-order valence-corrected chi connectivity index (χ3v) is 7.74. The number of amides is 1. The Hall–Kier alpha value is -4.53. The molecule has 1 fully saturated rings. The quantitative estimate of drug-likeness (QED) is 0.245. The zero-order chi connectivity index (χ0) is 29.1. The molecule has 1 amide bonds. The molecule has 1 saturated heterocycles. The van der Waals surface area contributed by atoms with Gasteiger partial charge < -0.3 is 28.6 Å². The molecule has 3 atom stereocenters. The second-order valence-electron chi connectivity index (χ2n) is 10.1. The third-order valence-electron chi connectivity index (χ3n) is 7.74. The minimum absolute atomic E-state index is 0.00144. The second-order valence-corrected chi connectivity index (χ2v) is 10.1. The average Bonchev–Trinajstić information content (AvgIpc) is 3.41. The molecule has 41 heavy (non-hydrogen) atoms. The van der Waals surface area contributed by atoms with Crippen molar-refractivity contribution in [3.05, 3.63) is 66.4 Å². The Morgan fingerprint density at radius 3 is 2.24 bits per heavy atom. The minimum atomic E-state index is -0.266. The fourth-order valence-corrected chi connectivity index (χ4v) is 5.30. The van der Waals surface area contributed by atoms with Crippen LogP contribution in [0.25, 0.3) is 22.2 Å². The van der Waals surface area contributed by atoms with Gasteiger partial charge in [0.1, 0.15) is 11.9 Å². The smallest absolute Gasteiger partial charge is 0.223 e.